The van der Waals surface area contributed by atoms with E-state index in [-0.39, 0.29) is 11.3 Å². The largest absolute Gasteiger partial charge is 0.358 e. The van der Waals surface area contributed by atoms with Crippen molar-refractivity contribution in [3.63, 3.8) is 0 Å². The molecule has 2 rings (SSSR count). The third-order valence-corrected chi connectivity index (χ3v) is 3.22. The first kappa shape index (κ1) is 13.7. The Morgan fingerprint density at radius 2 is 2.05 bits per heavy atom. The van der Waals surface area contributed by atoms with Crippen LogP contribution in [0.25, 0.3) is 10.9 Å². The van der Waals surface area contributed by atoms with E-state index in [2.05, 4.69) is 37.1 Å². The Morgan fingerprint density at radius 1 is 1.32 bits per heavy atom. The van der Waals surface area contributed by atoms with Gasteiger partial charge in [-0.05, 0) is 24.6 Å². The van der Waals surface area contributed by atoms with E-state index in [1.54, 1.807) is 0 Å². The van der Waals surface area contributed by atoms with Crippen LogP contribution in [-0.2, 0) is 10.2 Å². The van der Waals surface area contributed by atoms with Gasteiger partial charge in [0.2, 0.25) is 5.91 Å². The Balaban J connectivity index is 2.40. The molecule has 0 spiro atoms. The number of rotatable bonds is 3. The van der Waals surface area contributed by atoms with E-state index in [0.717, 1.165) is 23.0 Å². The molecule has 2 N–H and O–H groups in total. The maximum Gasteiger partial charge on any atom is 0.224 e. The number of anilines is 1. The molecule has 102 valence electrons. The Morgan fingerprint density at radius 3 is 2.68 bits per heavy atom. The van der Waals surface area contributed by atoms with Gasteiger partial charge in [-0.1, -0.05) is 33.8 Å². The van der Waals surface area contributed by atoms with Gasteiger partial charge in [-0.25, -0.2) is 0 Å². The van der Waals surface area contributed by atoms with Crippen LogP contribution in [-0.4, -0.2) is 10.9 Å². The smallest absolute Gasteiger partial charge is 0.224 e. The van der Waals surface area contributed by atoms with Crippen LogP contribution in [0, 0.1) is 0 Å². The van der Waals surface area contributed by atoms with Gasteiger partial charge >= 0.3 is 0 Å². The van der Waals surface area contributed by atoms with E-state index in [1.807, 2.05) is 25.1 Å². The van der Waals surface area contributed by atoms with Crippen molar-refractivity contribution in [3.05, 3.63) is 30.0 Å². The van der Waals surface area contributed by atoms with Gasteiger partial charge in [-0.2, -0.15) is 0 Å². The Bertz CT molecular complexity index is 590. The molecule has 0 fully saturated rings. The van der Waals surface area contributed by atoms with Crippen LogP contribution in [0.1, 0.15) is 46.2 Å². The van der Waals surface area contributed by atoms with Crippen molar-refractivity contribution in [2.24, 2.45) is 0 Å². The van der Waals surface area contributed by atoms with Crippen LogP contribution in [0.4, 0.5) is 5.69 Å². The number of benzene rings is 1. The lowest BCUT2D eigenvalue weighted by molar-refractivity contribution is -0.116. The second-order valence-electron chi connectivity index (χ2n) is 6.00. The Labute approximate surface area is 114 Å². The summed E-state index contributed by atoms with van der Waals surface area (Å²) in [5.74, 6) is 0.0773. The quantitative estimate of drug-likeness (QED) is 0.851. The van der Waals surface area contributed by atoms with Gasteiger partial charge < -0.3 is 10.3 Å². The van der Waals surface area contributed by atoms with Crippen molar-refractivity contribution < 1.29 is 4.79 Å². The number of aromatic nitrogens is 1. The van der Waals surface area contributed by atoms with Gasteiger partial charge in [0.25, 0.3) is 0 Å². The zero-order valence-electron chi connectivity index (χ0n) is 12.1. The second-order valence-corrected chi connectivity index (χ2v) is 6.00. The van der Waals surface area contributed by atoms with E-state index < -0.39 is 0 Å². The molecule has 19 heavy (non-hydrogen) atoms. The fraction of sp³-hybridized carbons (Fsp3) is 0.438. The molecule has 0 bridgehead atoms. The van der Waals surface area contributed by atoms with Crippen LogP contribution >= 0.6 is 0 Å². The van der Waals surface area contributed by atoms with Crippen molar-refractivity contribution in [1.29, 1.82) is 0 Å². The number of fused-ring (bicyclic) bond motifs is 1. The van der Waals surface area contributed by atoms with Gasteiger partial charge in [0.15, 0.2) is 0 Å². The first-order valence-electron chi connectivity index (χ1n) is 6.84. The Hall–Kier alpha value is -1.77. The third kappa shape index (κ3) is 2.98. The number of hydrogen-bond donors (Lipinski definition) is 2. The van der Waals surface area contributed by atoms with Crippen molar-refractivity contribution in [3.8, 4) is 0 Å². The number of hydrogen-bond acceptors (Lipinski definition) is 1. The van der Waals surface area contributed by atoms with E-state index in [1.165, 1.54) is 5.69 Å². The van der Waals surface area contributed by atoms with Gasteiger partial charge in [0.05, 0.1) is 5.69 Å². The number of carbonyl (C=O) groups excluding carboxylic acids is 1. The molecular formula is C16H22N2O. The highest BCUT2D eigenvalue weighted by Gasteiger charge is 2.17. The molecule has 0 saturated carbocycles. The van der Waals surface area contributed by atoms with Crippen molar-refractivity contribution in [1.82, 2.24) is 4.98 Å². The van der Waals surface area contributed by atoms with Gasteiger partial charge in [0.1, 0.15) is 0 Å². The van der Waals surface area contributed by atoms with Crippen LogP contribution < -0.4 is 5.32 Å². The normalized spacial score (nSPS) is 11.8. The number of aromatic amines is 1. The average molecular weight is 258 g/mol. The molecule has 0 aliphatic carbocycles. The molecule has 0 aliphatic heterocycles. The fourth-order valence-corrected chi connectivity index (χ4v) is 2.11. The molecule has 1 aromatic carbocycles. The predicted octanol–water partition coefficient (Wildman–Crippen LogP) is 4.20. The van der Waals surface area contributed by atoms with Crippen LogP contribution in [0.5, 0.6) is 0 Å². The summed E-state index contributed by atoms with van der Waals surface area (Å²) in [6.07, 6.45) is 1.43. The van der Waals surface area contributed by atoms with Gasteiger partial charge in [-0.15, -0.1) is 0 Å². The zero-order valence-corrected chi connectivity index (χ0v) is 12.1. The predicted molar refractivity (Wildman–Crippen MR) is 80.5 cm³/mol. The molecular weight excluding hydrogens is 236 g/mol. The topological polar surface area (TPSA) is 44.9 Å². The first-order chi connectivity index (χ1) is 8.91. The lowest BCUT2D eigenvalue weighted by atomic mass is 9.92. The average Bonchev–Trinajstić information content (AvgIpc) is 2.74. The molecule has 0 aliphatic rings. The van der Waals surface area contributed by atoms with E-state index in [4.69, 9.17) is 0 Å². The summed E-state index contributed by atoms with van der Waals surface area (Å²) in [4.78, 5) is 15.2. The SMILES string of the molecule is CCCC(=O)Nc1cccc2[nH]c(C(C)(C)C)cc12. The molecule has 1 heterocycles. The summed E-state index contributed by atoms with van der Waals surface area (Å²) in [6.45, 7) is 8.53. The minimum absolute atomic E-state index is 0.0731. The van der Waals surface area contributed by atoms with Crippen LogP contribution in [0.2, 0.25) is 0 Å². The monoisotopic (exact) mass is 258 g/mol. The van der Waals surface area contributed by atoms with Gasteiger partial charge in [0, 0.05) is 28.4 Å². The number of carbonyl (C=O) groups is 1. The lowest BCUT2D eigenvalue weighted by Crippen LogP contribution is -2.11. The maximum atomic E-state index is 11.7. The van der Waals surface area contributed by atoms with Crippen molar-refractivity contribution >= 4 is 22.5 Å². The van der Waals surface area contributed by atoms with Crippen molar-refractivity contribution in [2.75, 3.05) is 5.32 Å². The summed E-state index contributed by atoms with van der Waals surface area (Å²) < 4.78 is 0. The molecule has 2 aromatic rings. The molecule has 0 unspecified atom stereocenters. The molecule has 0 atom stereocenters. The summed E-state index contributed by atoms with van der Waals surface area (Å²) in [5, 5.41) is 4.07. The minimum atomic E-state index is 0.0731. The fourth-order valence-electron chi connectivity index (χ4n) is 2.11. The Kier molecular flexibility index (Phi) is 3.65. The summed E-state index contributed by atoms with van der Waals surface area (Å²) >= 11 is 0. The van der Waals surface area contributed by atoms with E-state index in [9.17, 15) is 4.79 Å². The van der Waals surface area contributed by atoms with Crippen LogP contribution in [0.15, 0.2) is 24.3 Å². The highest BCUT2D eigenvalue weighted by Crippen LogP contribution is 2.30. The molecule has 0 saturated heterocycles. The van der Waals surface area contributed by atoms with Gasteiger partial charge in [-0.3, -0.25) is 4.79 Å². The highest BCUT2D eigenvalue weighted by molar-refractivity contribution is 6.01. The molecule has 3 heteroatoms. The molecule has 1 aromatic heterocycles. The van der Waals surface area contributed by atoms with Crippen LogP contribution in [0.3, 0.4) is 0 Å². The first-order valence-corrected chi connectivity index (χ1v) is 6.84. The molecule has 1 amide bonds. The highest BCUT2D eigenvalue weighted by atomic mass is 16.1. The summed E-state index contributed by atoms with van der Waals surface area (Å²) in [6, 6.07) is 8.10. The van der Waals surface area contributed by atoms with E-state index >= 15 is 0 Å². The maximum absolute atomic E-state index is 11.7. The lowest BCUT2D eigenvalue weighted by Gasteiger charge is -2.15. The second kappa shape index (κ2) is 5.08. The number of H-pyrrole nitrogens is 1. The van der Waals surface area contributed by atoms with E-state index in [0.29, 0.717) is 6.42 Å². The van der Waals surface area contributed by atoms with Crippen molar-refractivity contribution in [2.45, 2.75) is 46.0 Å². The standard InChI is InChI=1S/C16H22N2O/c1-5-7-15(19)18-13-9-6-8-12-11(13)10-14(17-12)16(2,3)4/h6,8-10,17H,5,7H2,1-4H3,(H,18,19). The number of amides is 1. The minimum Gasteiger partial charge on any atom is -0.358 e. The molecule has 0 radical (unpaired) electrons. The third-order valence-electron chi connectivity index (χ3n) is 3.22. The summed E-state index contributed by atoms with van der Waals surface area (Å²) in [7, 11) is 0. The number of nitrogens with one attached hydrogen (secondary N) is 2. The zero-order chi connectivity index (χ0) is 14.0. The summed E-state index contributed by atoms with van der Waals surface area (Å²) in [5.41, 5.74) is 3.21. The molecule has 3 nitrogen and oxygen atoms in total.